The Bertz CT molecular complexity index is 345. The fourth-order valence-corrected chi connectivity index (χ4v) is 2.24. The van der Waals surface area contributed by atoms with Crippen LogP contribution in [-0.2, 0) is 15.9 Å². The highest BCUT2D eigenvalue weighted by Crippen LogP contribution is 2.24. The second-order valence-corrected chi connectivity index (χ2v) is 4.71. The SMILES string of the molecule is OCCCCCCc1cccc(C2OCCO2)c1. The average Bonchev–Trinajstić information content (AvgIpc) is 2.93. The van der Waals surface area contributed by atoms with E-state index in [1.54, 1.807) is 0 Å². The Kier molecular flexibility index (Phi) is 5.65. The van der Waals surface area contributed by atoms with Gasteiger partial charge in [-0.05, 0) is 24.8 Å². The fourth-order valence-electron chi connectivity index (χ4n) is 2.24. The zero-order chi connectivity index (χ0) is 12.6. The molecule has 0 aliphatic carbocycles. The maximum absolute atomic E-state index is 8.71. The molecule has 3 heteroatoms. The molecular weight excluding hydrogens is 228 g/mol. The molecule has 1 aliphatic rings. The van der Waals surface area contributed by atoms with Crippen molar-refractivity contribution in [3.8, 4) is 0 Å². The van der Waals surface area contributed by atoms with E-state index >= 15 is 0 Å². The summed E-state index contributed by atoms with van der Waals surface area (Å²) in [5.74, 6) is 0. The van der Waals surface area contributed by atoms with Crippen LogP contribution in [0.4, 0.5) is 0 Å². The van der Waals surface area contributed by atoms with Crippen molar-refractivity contribution in [2.75, 3.05) is 19.8 Å². The number of ether oxygens (including phenoxy) is 2. The van der Waals surface area contributed by atoms with Crippen LogP contribution in [0.2, 0.25) is 0 Å². The van der Waals surface area contributed by atoms with Crippen LogP contribution in [0.15, 0.2) is 24.3 Å². The largest absolute Gasteiger partial charge is 0.396 e. The van der Waals surface area contributed by atoms with Gasteiger partial charge in [-0.25, -0.2) is 0 Å². The molecule has 3 nitrogen and oxygen atoms in total. The molecule has 18 heavy (non-hydrogen) atoms. The molecule has 0 spiro atoms. The van der Waals surface area contributed by atoms with E-state index in [4.69, 9.17) is 14.6 Å². The van der Waals surface area contributed by atoms with E-state index < -0.39 is 0 Å². The first kappa shape index (κ1) is 13.5. The fraction of sp³-hybridized carbons (Fsp3) is 0.600. The smallest absolute Gasteiger partial charge is 0.184 e. The summed E-state index contributed by atoms with van der Waals surface area (Å²) < 4.78 is 11.0. The van der Waals surface area contributed by atoms with Crippen molar-refractivity contribution >= 4 is 0 Å². The first-order chi connectivity index (χ1) is 8.90. The van der Waals surface area contributed by atoms with E-state index in [1.165, 1.54) is 18.4 Å². The molecule has 0 saturated carbocycles. The highest BCUT2D eigenvalue weighted by molar-refractivity contribution is 5.24. The van der Waals surface area contributed by atoms with E-state index in [0.29, 0.717) is 19.8 Å². The summed E-state index contributed by atoms with van der Waals surface area (Å²) >= 11 is 0. The van der Waals surface area contributed by atoms with Crippen molar-refractivity contribution in [2.24, 2.45) is 0 Å². The second kappa shape index (κ2) is 7.52. The number of aliphatic hydroxyl groups is 1. The van der Waals surface area contributed by atoms with Crippen molar-refractivity contribution in [1.29, 1.82) is 0 Å². The van der Waals surface area contributed by atoms with Gasteiger partial charge >= 0.3 is 0 Å². The minimum Gasteiger partial charge on any atom is -0.396 e. The van der Waals surface area contributed by atoms with Gasteiger partial charge in [-0.15, -0.1) is 0 Å². The van der Waals surface area contributed by atoms with E-state index in [0.717, 1.165) is 24.8 Å². The molecule has 1 aromatic rings. The summed E-state index contributed by atoms with van der Waals surface area (Å²) in [7, 11) is 0. The molecular formula is C15H22O3. The molecule has 0 radical (unpaired) electrons. The Morgan fingerprint density at radius 1 is 1.06 bits per heavy atom. The molecule has 1 saturated heterocycles. The minimum absolute atomic E-state index is 0.167. The molecule has 1 aromatic carbocycles. The topological polar surface area (TPSA) is 38.7 Å². The van der Waals surface area contributed by atoms with Crippen molar-refractivity contribution in [3.05, 3.63) is 35.4 Å². The Hall–Kier alpha value is -0.900. The molecule has 0 atom stereocenters. The quantitative estimate of drug-likeness (QED) is 0.756. The van der Waals surface area contributed by atoms with E-state index in [2.05, 4.69) is 24.3 Å². The molecule has 1 N–H and O–H groups in total. The first-order valence-corrected chi connectivity index (χ1v) is 6.83. The molecule has 0 amide bonds. The van der Waals surface area contributed by atoms with Crippen molar-refractivity contribution < 1.29 is 14.6 Å². The molecule has 0 bridgehead atoms. The van der Waals surface area contributed by atoms with Crippen molar-refractivity contribution in [1.82, 2.24) is 0 Å². The standard InChI is InChI=1S/C15H22O3/c16-9-4-2-1-3-6-13-7-5-8-14(12-13)15-17-10-11-18-15/h5,7-8,12,15-16H,1-4,6,9-11H2. The zero-order valence-corrected chi connectivity index (χ0v) is 10.8. The lowest BCUT2D eigenvalue weighted by Gasteiger charge is -2.10. The van der Waals surface area contributed by atoms with Crippen LogP contribution in [0.25, 0.3) is 0 Å². The summed E-state index contributed by atoms with van der Waals surface area (Å²) in [6.07, 6.45) is 5.32. The third-order valence-corrected chi connectivity index (χ3v) is 3.22. The normalized spacial score (nSPS) is 16.3. The number of hydrogen-bond acceptors (Lipinski definition) is 3. The van der Waals surface area contributed by atoms with Gasteiger partial charge in [0, 0.05) is 12.2 Å². The lowest BCUT2D eigenvalue weighted by Crippen LogP contribution is -1.99. The predicted octanol–water partition coefficient (Wildman–Crippen LogP) is 2.83. The Labute approximate surface area is 109 Å². The second-order valence-electron chi connectivity index (χ2n) is 4.71. The lowest BCUT2D eigenvalue weighted by atomic mass is 10.0. The number of hydrogen-bond donors (Lipinski definition) is 1. The third-order valence-electron chi connectivity index (χ3n) is 3.22. The molecule has 0 unspecified atom stereocenters. The summed E-state index contributed by atoms with van der Waals surface area (Å²) in [4.78, 5) is 0. The summed E-state index contributed by atoms with van der Waals surface area (Å²) in [5.41, 5.74) is 2.47. The van der Waals surface area contributed by atoms with E-state index in [9.17, 15) is 0 Å². The Morgan fingerprint density at radius 2 is 1.83 bits per heavy atom. The highest BCUT2D eigenvalue weighted by Gasteiger charge is 2.17. The van der Waals surface area contributed by atoms with Gasteiger partial charge in [0.15, 0.2) is 6.29 Å². The summed E-state index contributed by atoms with van der Waals surface area (Å²) in [6.45, 7) is 1.69. The molecule has 2 rings (SSSR count). The van der Waals surface area contributed by atoms with Crippen LogP contribution < -0.4 is 0 Å². The maximum Gasteiger partial charge on any atom is 0.184 e. The molecule has 1 fully saturated rings. The van der Waals surface area contributed by atoms with Crippen molar-refractivity contribution in [2.45, 2.75) is 38.4 Å². The molecule has 0 aromatic heterocycles. The number of benzene rings is 1. The number of unbranched alkanes of at least 4 members (excludes halogenated alkanes) is 3. The third kappa shape index (κ3) is 4.09. The van der Waals surface area contributed by atoms with E-state index in [1.807, 2.05) is 0 Å². The van der Waals surface area contributed by atoms with Crippen LogP contribution in [0, 0.1) is 0 Å². The van der Waals surface area contributed by atoms with E-state index in [-0.39, 0.29) is 6.29 Å². The van der Waals surface area contributed by atoms with Crippen LogP contribution in [0.3, 0.4) is 0 Å². The number of aryl methyl sites for hydroxylation is 1. The number of aliphatic hydroxyl groups excluding tert-OH is 1. The predicted molar refractivity (Wildman–Crippen MR) is 70.3 cm³/mol. The van der Waals surface area contributed by atoms with Gasteiger partial charge in [0.1, 0.15) is 0 Å². The molecule has 100 valence electrons. The van der Waals surface area contributed by atoms with Gasteiger partial charge in [-0.2, -0.15) is 0 Å². The van der Waals surface area contributed by atoms with Gasteiger partial charge in [0.25, 0.3) is 0 Å². The zero-order valence-electron chi connectivity index (χ0n) is 10.8. The lowest BCUT2D eigenvalue weighted by molar-refractivity contribution is -0.0441. The number of rotatable bonds is 7. The Morgan fingerprint density at radius 3 is 2.61 bits per heavy atom. The van der Waals surface area contributed by atoms with Gasteiger partial charge in [-0.1, -0.05) is 37.1 Å². The van der Waals surface area contributed by atoms with Crippen LogP contribution in [-0.4, -0.2) is 24.9 Å². The maximum atomic E-state index is 8.71. The van der Waals surface area contributed by atoms with Gasteiger partial charge in [0.2, 0.25) is 0 Å². The minimum atomic E-state index is -0.167. The highest BCUT2D eigenvalue weighted by atomic mass is 16.7. The van der Waals surface area contributed by atoms with Gasteiger partial charge < -0.3 is 14.6 Å². The average molecular weight is 250 g/mol. The van der Waals surface area contributed by atoms with Gasteiger partial charge in [0.05, 0.1) is 13.2 Å². The van der Waals surface area contributed by atoms with Crippen molar-refractivity contribution in [3.63, 3.8) is 0 Å². The Balaban J connectivity index is 1.79. The monoisotopic (exact) mass is 250 g/mol. The summed E-state index contributed by atoms with van der Waals surface area (Å²) in [6, 6.07) is 8.47. The first-order valence-electron chi connectivity index (χ1n) is 6.83. The summed E-state index contributed by atoms with van der Waals surface area (Å²) in [5, 5.41) is 8.71. The van der Waals surface area contributed by atoms with Crippen LogP contribution in [0.1, 0.15) is 43.1 Å². The van der Waals surface area contributed by atoms with Crippen LogP contribution >= 0.6 is 0 Å². The van der Waals surface area contributed by atoms with Crippen LogP contribution in [0.5, 0.6) is 0 Å². The molecule has 1 aliphatic heterocycles. The molecule has 1 heterocycles. The van der Waals surface area contributed by atoms with Gasteiger partial charge in [-0.3, -0.25) is 0 Å².